The lowest BCUT2D eigenvalue weighted by molar-refractivity contribution is 0.102. The Labute approximate surface area is 190 Å². The van der Waals surface area contributed by atoms with E-state index < -0.39 is 11.7 Å². The van der Waals surface area contributed by atoms with E-state index in [1.165, 1.54) is 28.9 Å². The summed E-state index contributed by atoms with van der Waals surface area (Å²) in [4.78, 5) is 26.3. The Hall–Kier alpha value is -4.26. The topological polar surface area (TPSA) is 73.2 Å². The van der Waals surface area contributed by atoms with E-state index in [4.69, 9.17) is 4.74 Å². The van der Waals surface area contributed by atoms with Gasteiger partial charge in [0.15, 0.2) is 0 Å². The molecular formula is C26H22FN3O3. The molecule has 0 aliphatic heterocycles. The summed E-state index contributed by atoms with van der Waals surface area (Å²) in [6, 6.07) is 19.8. The third-order valence-electron chi connectivity index (χ3n) is 5.23. The summed E-state index contributed by atoms with van der Waals surface area (Å²) in [6.07, 6.45) is 0. The molecule has 0 spiro atoms. The van der Waals surface area contributed by atoms with Gasteiger partial charge < -0.3 is 10.1 Å². The third kappa shape index (κ3) is 4.52. The van der Waals surface area contributed by atoms with Crippen molar-refractivity contribution in [1.82, 2.24) is 9.78 Å². The number of carbonyl (C=O) groups is 1. The summed E-state index contributed by atoms with van der Waals surface area (Å²) in [7, 11) is 1.54. The molecule has 0 aliphatic rings. The Morgan fingerprint density at radius 1 is 1.00 bits per heavy atom. The number of ether oxygens (including phenoxy) is 1. The number of nitrogens with one attached hydrogen (secondary N) is 1. The number of carbonyl (C=O) groups excluding carboxylic acids is 1. The first-order valence-corrected chi connectivity index (χ1v) is 10.3. The zero-order valence-electron chi connectivity index (χ0n) is 18.4. The molecule has 3 aromatic carbocycles. The molecule has 1 N–H and O–H groups in total. The van der Waals surface area contributed by atoms with Crippen LogP contribution in [-0.2, 0) is 0 Å². The van der Waals surface area contributed by atoms with Crippen LogP contribution < -0.4 is 15.5 Å². The Morgan fingerprint density at radius 2 is 1.70 bits per heavy atom. The highest BCUT2D eigenvalue weighted by Crippen LogP contribution is 2.30. The van der Waals surface area contributed by atoms with Crippen LogP contribution in [0.1, 0.15) is 21.6 Å². The van der Waals surface area contributed by atoms with Gasteiger partial charge in [0.25, 0.3) is 5.91 Å². The Balaban J connectivity index is 1.96. The molecule has 0 unspecified atom stereocenters. The zero-order valence-corrected chi connectivity index (χ0v) is 18.4. The van der Waals surface area contributed by atoms with Crippen molar-refractivity contribution in [1.29, 1.82) is 0 Å². The van der Waals surface area contributed by atoms with E-state index in [9.17, 15) is 14.0 Å². The van der Waals surface area contributed by atoms with Crippen LogP contribution in [0.4, 0.5) is 10.2 Å². The molecule has 0 radical (unpaired) electrons. The monoisotopic (exact) mass is 443 g/mol. The number of methoxy groups -OCH3 is 1. The summed E-state index contributed by atoms with van der Waals surface area (Å²) < 4.78 is 20.2. The standard InChI is InChI=1S/C26H22FN3O3/c1-16-7-13-21(14-8-16)30-25(28-26(32)18-9-11-20(27)12-10-18)23(24(31)17(2)29-30)19-5-4-6-22(15-19)33-3/h4-15H,1-3H3,(H,28,32). The van der Waals surface area contributed by atoms with Gasteiger partial charge in [-0.25, -0.2) is 9.07 Å². The number of benzene rings is 3. The van der Waals surface area contributed by atoms with E-state index >= 15 is 0 Å². The van der Waals surface area contributed by atoms with Crippen molar-refractivity contribution in [3.63, 3.8) is 0 Å². The molecule has 1 heterocycles. The van der Waals surface area contributed by atoms with Crippen molar-refractivity contribution in [2.24, 2.45) is 0 Å². The van der Waals surface area contributed by atoms with Crippen LogP contribution in [0.3, 0.4) is 0 Å². The van der Waals surface area contributed by atoms with Crippen molar-refractivity contribution in [3.8, 4) is 22.6 Å². The summed E-state index contributed by atoms with van der Waals surface area (Å²) in [5.74, 6) is -0.168. The molecule has 1 amide bonds. The molecular weight excluding hydrogens is 421 g/mol. The number of hydrogen-bond acceptors (Lipinski definition) is 4. The minimum Gasteiger partial charge on any atom is -0.497 e. The molecule has 4 rings (SSSR count). The zero-order chi connectivity index (χ0) is 23.5. The minimum atomic E-state index is -0.495. The molecule has 33 heavy (non-hydrogen) atoms. The van der Waals surface area contributed by atoms with Gasteiger partial charge in [-0.2, -0.15) is 5.10 Å². The van der Waals surface area contributed by atoms with Crippen LogP contribution in [-0.4, -0.2) is 22.8 Å². The smallest absolute Gasteiger partial charge is 0.256 e. The van der Waals surface area contributed by atoms with E-state index in [0.717, 1.165) is 5.56 Å². The number of anilines is 1. The molecule has 0 aliphatic carbocycles. The fraction of sp³-hybridized carbons (Fsp3) is 0.115. The lowest BCUT2D eigenvalue weighted by atomic mass is 10.0. The first kappa shape index (κ1) is 22.0. The molecule has 6 nitrogen and oxygen atoms in total. The Bertz CT molecular complexity index is 1380. The van der Waals surface area contributed by atoms with E-state index in [1.54, 1.807) is 38.3 Å². The second-order valence-electron chi connectivity index (χ2n) is 7.58. The van der Waals surface area contributed by atoms with Crippen LogP contribution in [0, 0.1) is 19.7 Å². The van der Waals surface area contributed by atoms with E-state index in [1.807, 2.05) is 31.2 Å². The van der Waals surface area contributed by atoms with E-state index in [-0.39, 0.29) is 28.1 Å². The molecule has 4 aromatic rings. The highest BCUT2D eigenvalue weighted by molar-refractivity contribution is 6.05. The van der Waals surface area contributed by atoms with Crippen molar-refractivity contribution in [2.45, 2.75) is 13.8 Å². The van der Waals surface area contributed by atoms with Crippen molar-refractivity contribution in [2.75, 3.05) is 12.4 Å². The van der Waals surface area contributed by atoms with Gasteiger partial charge in [0, 0.05) is 5.56 Å². The summed E-state index contributed by atoms with van der Waals surface area (Å²) in [5, 5.41) is 7.29. The summed E-state index contributed by atoms with van der Waals surface area (Å²) in [5.41, 5.74) is 2.77. The normalized spacial score (nSPS) is 10.7. The van der Waals surface area contributed by atoms with Crippen LogP contribution in [0.2, 0.25) is 0 Å². The molecule has 0 fully saturated rings. The second kappa shape index (κ2) is 9.08. The SMILES string of the molecule is COc1cccc(-c2c(NC(=O)c3ccc(F)cc3)n(-c3ccc(C)cc3)nc(C)c2=O)c1. The van der Waals surface area contributed by atoms with E-state index in [0.29, 0.717) is 17.0 Å². The van der Waals surface area contributed by atoms with Gasteiger partial charge in [-0.05, 0) is 67.9 Å². The minimum absolute atomic E-state index is 0.206. The number of nitrogens with zero attached hydrogens (tertiary/aromatic N) is 2. The van der Waals surface area contributed by atoms with Gasteiger partial charge in [0.2, 0.25) is 5.43 Å². The van der Waals surface area contributed by atoms with Gasteiger partial charge in [-0.15, -0.1) is 0 Å². The van der Waals surface area contributed by atoms with Gasteiger partial charge >= 0.3 is 0 Å². The molecule has 0 saturated heterocycles. The molecule has 7 heteroatoms. The lowest BCUT2D eigenvalue weighted by Crippen LogP contribution is -2.25. The summed E-state index contributed by atoms with van der Waals surface area (Å²) in [6.45, 7) is 3.59. The maximum Gasteiger partial charge on any atom is 0.256 e. The van der Waals surface area contributed by atoms with Crippen LogP contribution in [0.25, 0.3) is 16.8 Å². The van der Waals surface area contributed by atoms with Crippen molar-refractivity contribution in [3.05, 3.63) is 106 Å². The Morgan fingerprint density at radius 3 is 2.36 bits per heavy atom. The maximum atomic E-state index is 13.4. The molecule has 0 saturated carbocycles. The number of hydrogen-bond donors (Lipinski definition) is 1. The summed E-state index contributed by atoms with van der Waals surface area (Å²) >= 11 is 0. The van der Waals surface area contributed by atoms with Gasteiger partial charge in [0.05, 0.1) is 18.4 Å². The highest BCUT2D eigenvalue weighted by atomic mass is 19.1. The van der Waals surface area contributed by atoms with Gasteiger partial charge in [-0.1, -0.05) is 29.8 Å². The number of halogens is 1. The lowest BCUT2D eigenvalue weighted by Gasteiger charge is -2.19. The third-order valence-corrected chi connectivity index (χ3v) is 5.23. The van der Waals surface area contributed by atoms with Gasteiger partial charge in [0.1, 0.15) is 23.1 Å². The molecule has 0 bridgehead atoms. The fourth-order valence-electron chi connectivity index (χ4n) is 3.46. The van der Waals surface area contributed by atoms with Crippen LogP contribution in [0.15, 0.2) is 77.6 Å². The Kier molecular flexibility index (Phi) is 6.04. The quantitative estimate of drug-likeness (QED) is 0.475. The number of aromatic nitrogens is 2. The number of aryl methyl sites for hydroxylation is 2. The second-order valence-corrected chi connectivity index (χ2v) is 7.58. The van der Waals surface area contributed by atoms with Crippen LogP contribution in [0.5, 0.6) is 5.75 Å². The average Bonchev–Trinajstić information content (AvgIpc) is 2.82. The van der Waals surface area contributed by atoms with E-state index in [2.05, 4.69) is 10.4 Å². The van der Waals surface area contributed by atoms with Crippen molar-refractivity contribution < 1.29 is 13.9 Å². The molecule has 166 valence electrons. The average molecular weight is 443 g/mol. The molecule has 0 atom stereocenters. The largest absolute Gasteiger partial charge is 0.497 e. The first-order chi connectivity index (χ1) is 15.9. The fourth-order valence-corrected chi connectivity index (χ4v) is 3.46. The predicted molar refractivity (Wildman–Crippen MR) is 126 cm³/mol. The molecule has 1 aromatic heterocycles. The van der Waals surface area contributed by atoms with Crippen molar-refractivity contribution >= 4 is 11.7 Å². The number of rotatable bonds is 5. The van der Waals surface area contributed by atoms with Crippen LogP contribution >= 0.6 is 0 Å². The maximum absolute atomic E-state index is 13.4. The first-order valence-electron chi connectivity index (χ1n) is 10.3. The highest BCUT2D eigenvalue weighted by Gasteiger charge is 2.21. The van der Waals surface area contributed by atoms with Gasteiger partial charge in [-0.3, -0.25) is 9.59 Å². The predicted octanol–water partition coefficient (Wildman–Crippen LogP) is 4.92. The number of amides is 1.